The second kappa shape index (κ2) is 10.8. The third kappa shape index (κ3) is 4.50. The Morgan fingerprint density at radius 1 is 1.16 bits per heavy atom. The number of H-pyrrole nitrogens is 1. The number of aromatic nitrogens is 4. The molecule has 230 valence electrons. The molecule has 1 aromatic carbocycles. The van der Waals surface area contributed by atoms with Crippen molar-refractivity contribution in [2.24, 2.45) is 7.05 Å². The van der Waals surface area contributed by atoms with Gasteiger partial charge in [0.25, 0.3) is 0 Å². The molecule has 6 heterocycles. The molecule has 1 unspecified atom stereocenters. The quantitative estimate of drug-likeness (QED) is 0.250. The second-order valence-electron chi connectivity index (χ2n) is 11.7. The minimum Gasteiger partial charge on any atom is -0.386 e. The van der Waals surface area contributed by atoms with Gasteiger partial charge < -0.3 is 39.2 Å². The molecule has 44 heavy (non-hydrogen) atoms. The van der Waals surface area contributed by atoms with Crippen LogP contribution in [0, 0.1) is 11.6 Å². The number of pyridine rings is 3. The molecule has 4 aromatic heterocycles. The molecule has 0 bridgehead atoms. The van der Waals surface area contributed by atoms with Gasteiger partial charge in [-0.3, -0.25) is 4.79 Å². The number of morpholine rings is 1. The fourth-order valence-corrected chi connectivity index (χ4v) is 6.83. The van der Waals surface area contributed by atoms with Crippen molar-refractivity contribution >= 4 is 44.3 Å². The zero-order valence-corrected chi connectivity index (χ0v) is 24.7. The van der Waals surface area contributed by atoms with Crippen LogP contribution < -0.4 is 15.6 Å². The largest absolute Gasteiger partial charge is 0.386 e. The van der Waals surface area contributed by atoms with Crippen LogP contribution >= 0.6 is 0 Å². The van der Waals surface area contributed by atoms with Gasteiger partial charge in [0.15, 0.2) is 17.1 Å². The number of rotatable bonds is 6. The van der Waals surface area contributed by atoms with E-state index in [2.05, 4.69) is 37.1 Å². The Bertz CT molecular complexity index is 1990. The Kier molecular flexibility index (Phi) is 7.00. The van der Waals surface area contributed by atoms with E-state index in [1.165, 1.54) is 0 Å². The van der Waals surface area contributed by atoms with E-state index < -0.39 is 24.0 Å². The van der Waals surface area contributed by atoms with Crippen LogP contribution in [0.5, 0.6) is 0 Å². The lowest BCUT2D eigenvalue weighted by atomic mass is 10.00. The van der Waals surface area contributed by atoms with Crippen molar-refractivity contribution in [3.63, 3.8) is 0 Å². The topological polar surface area (TPSA) is 121 Å². The first-order valence-corrected chi connectivity index (χ1v) is 14.5. The van der Waals surface area contributed by atoms with Crippen LogP contribution in [0.1, 0.15) is 12.0 Å². The summed E-state index contributed by atoms with van der Waals surface area (Å²) in [6, 6.07) is 2.88. The van der Waals surface area contributed by atoms with Crippen molar-refractivity contribution < 1.29 is 23.4 Å². The van der Waals surface area contributed by atoms with E-state index in [0.29, 0.717) is 75.3 Å². The molecule has 2 aliphatic rings. The zero-order chi connectivity index (χ0) is 30.7. The molecule has 7 rings (SSSR count). The average Bonchev–Trinajstić information content (AvgIpc) is 3.61. The van der Waals surface area contributed by atoms with Gasteiger partial charge in [0.1, 0.15) is 18.1 Å². The summed E-state index contributed by atoms with van der Waals surface area (Å²) in [4.78, 5) is 30.4. The van der Waals surface area contributed by atoms with Crippen molar-refractivity contribution in [1.29, 1.82) is 0 Å². The summed E-state index contributed by atoms with van der Waals surface area (Å²) in [6.07, 6.45) is 5.75. The van der Waals surface area contributed by atoms with Crippen LogP contribution in [-0.4, -0.2) is 88.8 Å². The van der Waals surface area contributed by atoms with Crippen LogP contribution in [0.15, 0.2) is 35.5 Å². The molecule has 0 aliphatic carbocycles. The summed E-state index contributed by atoms with van der Waals surface area (Å²) in [5.74, 6) is -1.94. The number of anilines is 2. The number of halogens is 2. The van der Waals surface area contributed by atoms with Gasteiger partial charge in [0.05, 0.1) is 51.9 Å². The lowest BCUT2D eigenvalue weighted by molar-refractivity contribution is -0.0885. The first-order chi connectivity index (χ1) is 21.2. The van der Waals surface area contributed by atoms with Crippen molar-refractivity contribution in [3.05, 3.63) is 58.1 Å². The van der Waals surface area contributed by atoms with Gasteiger partial charge in [-0.25, -0.2) is 18.7 Å². The highest BCUT2D eigenvalue weighted by molar-refractivity contribution is 6.18. The fourth-order valence-electron chi connectivity index (χ4n) is 6.83. The Morgan fingerprint density at radius 3 is 2.77 bits per heavy atom. The van der Waals surface area contributed by atoms with Gasteiger partial charge in [-0.05, 0) is 19.5 Å². The first kappa shape index (κ1) is 28.6. The standard InChI is InChI=1S/C31H33F2N7O4/c1-34-22-9-21(32)25(33)23-24-27(40-5-4-31(15-40)14-38(2)6-7-44-31)20(11-35-29(24)37-26(22)23)17-8-19-28(42)18(13-43-16-41)12-39(3)30(19)36-10-17/h8-12,34,41H,4-7,13-16H2,1-3H3,(H,35,37). The highest BCUT2D eigenvalue weighted by Crippen LogP contribution is 2.45. The lowest BCUT2D eigenvalue weighted by Gasteiger charge is -2.39. The molecule has 2 saturated heterocycles. The maximum atomic E-state index is 15.7. The zero-order valence-electron chi connectivity index (χ0n) is 24.7. The number of fused-ring (bicyclic) bond motifs is 4. The van der Waals surface area contributed by atoms with Gasteiger partial charge in [-0.15, -0.1) is 0 Å². The number of aliphatic hydroxyl groups is 1. The number of likely N-dealkylation sites (N-methyl/N-ethyl adjacent to an activating group) is 1. The minimum atomic E-state index is -0.970. The maximum absolute atomic E-state index is 15.7. The molecule has 13 heteroatoms. The Hall–Kier alpha value is -4.17. The number of aryl methyl sites for hydroxylation is 1. The smallest absolute Gasteiger partial charge is 0.196 e. The van der Waals surface area contributed by atoms with E-state index >= 15 is 4.39 Å². The molecule has 5 aromatic rings. The SMILES string of the molecule is CNc1cc(F)c(F)c2c1[nH]c1ncc(-c3cnc4c(c3)c(=O)c(COCO)cn4C)c(N3CCC4(CN(C)CCO4)C3)c12. The summed E-state index contributed by atoms with van der Waals surface area (Å²) in [7, 11) is 5.50. The first-order valence-electron chi connectivity index (χ1n) is 14.5. The number of aliphatic hydroxyl groups excluding tert-OH is 1. The maximum Gasteiger partial charge on any atom is 0.196 e. The summed E-state index contributed by atoms with van der Waals surface area (Å²) in [5.41, 5.74) is 3.29. The van der Waals surface area contributed by atoms with Gasteiger partial charge in [0, 0.05) is 81.6 Å². The van der Waals surface area contributed by atoms with Crippen LogP contribution in [0.2, 0.25) is 0 Å². The number of aromatic amines is 1. The van der Waals surface area contributed by atoms with Gasteiger partial charge in [-0.1, -0.05) is 0 Å². The molecule has 1 atom stereocenters. The van der Waals surface area contributed by atoms with Gasteiger partial charge in [-0.2, -0.15) is 0 Å². The summed E-state index contributed by atoms with van der Waals surface area (Å²) < 4.78 is 43.9. The molecule has 2 fully saturated rings. The summed E-state index contributed by atoms with van der Waals surface area (Å²) >= 11 is 0. The molecular formula is C31H33F2N7O4. The number of ether oxygens (including phenoxy) is 2. The molecule has 2 aliphatic heterocycles. The Morgan fingerprint density at radius 2 is 2.00 bits per heavy atom. The van der Waals surface area contributed by atoms with E-state index in [1.54, 1.807) is 43.3 Å². The van der Waals surface area contributed by atoms with Crippen molar-refractivity contribution in [3.8, 4) is 11.1 Å². The third-order valence-electron chi connectivity index (χ3n) is 8.85. The lowest BCUT2D eigenvalue weighted by Crippen LogP contribution is -2.52. The monoisotopic (exact) mass is 605 g/mol. The molecule has 1 spiro atoms. The van der Waals surface area contributed by atoms with Crippen molar-refractivity contribution in [2.75, 3.05) is 63.9 Å². The second-order valence-corrected chi connectivity index (χ2v) is 11.7. The predicted molar refractivity (Wildman–Crippen MR) is 164 cm³/mol. The molecular weight excluding hydrogens is 572 g/mol. The predicted octanol–water partition coefficient (Wildman–Crippen LogP) is 3.33. The number of nitrogens with zero attached hydrogens (tertiary/aromatic N) is 5. The molecule has 0 radical (unpaired) electrons. The molecule has 3 N–H and O–H groups in total. The Balaban J connectivity index is 1.49. The highest BCUT2D eigenvalue weighted by Gasteiger charge is 2.43. The average molecular weight is 606 g/mol. The summed E-state index contributed by atoms with van der Waals surface area (Å²) in [5, 5.41) is 13.0. The van der Waals surface area contributed by atoms with E-state index in [9.17, 15) is 9.18 Å². The van der Waals surface area contributed by atoms with Crippen LogP contribution in [0.3, 0.4) is 0 Å². The highest BCUT2D eigenvalue weighted by atomic mass is 19.2. The van der Waals surface area contributed by atoms with E-state index in [1.807, 2.05) is 0 Å². The van der Waals surface area contributed by atoms with Gasteiger partial charge >= 0.3 is 0 Å². The summed E-state index contributed by atoms with van der Waals surface area (Å²) in [6.45, 7) is 2.80. The van der Waals surface area contributed by atoms with E-state index in [4.69, 9.17) is 14.6 Å². The number of hydrogen-bond donors (Lipinski definition) is 3. The van der Waals surface area contributed by atoms with Crippen molar-refractivity contribution in [2.45, 2.75) is 18.6 Å². The fraction of sp³-hybridized carbons (Fsp3) is 0.387. The van der Waals surface area contributed by atoms with E-state index in [0.717, 1.165) is 25.6 Å². The molecule has 0 amide bonds. The van der Waals surface area contributed by atoms with Crippen LogP contribution in [0.25, 0.3) is 44.1 Å². The number of hydrogen-bond acceptors (Lipinski definition) is 9. The number of benzene rings is 1. The number of nitrogens with one attached hydrogen (secondary N) is 2. The van der Waals surface area contributed by atoms with Crippen molar-refractivity contribution in [1.82, 2.24) is 24.4 Å². The van der Waals surface area contributed by atoms with E-state index in [-0.39, 0.29) is 17.4 Å². The third-order valence-corrected chi connectivity index (χ3v) is 8.85. The van der Waals surface area contributed by atoms with Crippen LogP contribution in [-0.2, 0) is 23.1 Å². The van der Waals surface area contributed by atoms with Crippen LogP contribution in [0.4, 0.5) is 20.2 Å². The Labute approximate surface area is 251 Å². The van der Waals surface area contributed by atoms with Gasteiger partial charge in [0.2, 0.25) is 0 Å². The normalized spacial score (nSPS) is 19.3. The minimum absolute atomic E-state index is 0.0552. The molecule has 11 nitrogen and oxygen atoms in total. The molecule has 0 saturated carbocycles.